The quantitative estimate of drug-likeness (QED) is 0.579. The van der Waals surface area contributed by atoms with Crippen molar-refractivity contribution in [1.82, 2.24) is 0 Å². The van der Waals surface area contributed by atoms with Gasteiger partial charge in [-0.2, -0.15) is 0 Å². The van der Waals surface area contributed by atoms with Gasteiger partial charge in [0.1, 0.15) is 0 Å². The summed E-state index contributed by atoms with van der Waals surface area (Å²) in [6.07, 6.45) is -1.62. The van der Waals surface area contributed by atoms with Gasteiger partial charge in [-0.05, 0) is 5.56 Å². The smallest absolute Gasteiger partial charge is 0.325 e. The van der Waals surface area contributed by atoms with Gasteiger partial charge >= 0.3 is 11.9 Å². The van der Waals surface area contributed by atoms with E-state index in [-0.39, 0.29) is 12.8 Å². The molecule has 6 nitrogen and oxygen atoms in total. The summed E-state index contributed by atoms with van der Waals surface area (Å²) < 4.78 is 9.23. The fraction of sp³-hybridized carbons (Fsp3) is 0.333. The lowest BCUT2D eigenvalue weighted by atomic mass is 9.93. The minimum atomic E-state index is -1.44. The van der Waals surface area contributed by atoms with Crippen LogP contribution in [-0.4, -0.2) is 36.7 Å². The van der Waals surface area contributed by atoms with Crippen LogP contribution in [0.1, 0.15) is 12.0 Å². The van der Waals surface area contributed by atoms with Crippen molar-refractivity contribution in [2.24, 2.45) is 5.92 Å². The highest BCUT2D eigenvalue weighted by atomic mass is 16.6. The second-order valence-corrected chi connectivity index (χ2v) is 4.67. The van der Waals surface area contributed by atoms with Gasteiger partial charge in [-0.15, -0.1) is 0 Å². The number of ether oxygens (including phenoxy) is 2. The van der Waals surface area contributed by atoms with Gasteiger partial charge in [0.2, 0.25) is 0 Å². The monoisotopic (exact) mass is 290 g/mol. The van der Waals surface area contributed by atoms with Crippen LogP contribution in [-0.2, 0) is 35.1 Å². The first-order valence-corrected chi connectivity index (χ1v) is 6.40. The van der Waals surface area contributed by atoms with Crippen molar-refractivity contribution in [3.05, 3.63) is 35.9 Å². The van der Waals surface area contributed by atoms with Crippen LogP contribution in [0.4, 0.5) is 0 Å². The van der Waals surface area contributed by atoms with Crippen LogP contribution in [0.2, 0.25) is 0 Å². The molecule has 2 unspecified atom stereocenters. The predicted molar refractivity (Wildman–Crippen MR) is 70.2 cm³/mol. The zero-order chi connectivity index (χ0) is 15.4. The van der Waals surface area contributed by atoms with Gasteiger partial charge in [0.05, 0.1) is 13.5 Å². The molecule has 1 aliphatic heterocycles. The minimum Gasteiger partial charge on any atom is -0.469 e. The number of carbonyl (C=O) groups is 4. The molecule has 1 aromatic rings. The Hall–Kier alpha value is -2.50. The van der Waals surface area contributed by atoms with Gasteiger partial charge in [-0.25, -0.2) is 0 Å². The summed E-state index contributed by atoms with van der Waals surface area (Å²) in [6, 6.07) is 8.79. The van der Waals surface area contributed by atoms with Crippen LogP contribution in [0.5, 0.6) is 0 Å². The maximum Gasteiger partial charge on any atom is 0.325 e. The van der Waals surface area contributed by atoms with Gasteiger partial charge in [0.15, 0.2) is 23.6 Å². The molecule has 0 aromatic heterocycles. The molecule has 110 valence electrons. The third-order valence-electron chi connectivity index (χ3n) is 3.22. The van der Waals surface area contributed by atoms with E-state index in [4.69, 9.17) is 4.74 Å². The number of Topliss-reactive ketones (excluding diaryl/α,β-unsaturated/α-hetero) is 2. The van der Waals surface area contributed by atoms with Crippen molar-refractivity contribution in [2.75, 3.05) is 7.11 Å². The Bertz CT molecular complexity index is 577. The van der Waals surface area contributed by atoms with Gasteiger partial charge in [-0.3, -0.25) is 19.2 Å². The minimum absolute atomic E-state index is 0.0305. The molecule has 0 spiro atoms. The summed E-state index contributed by atoms with van der Waals surface area (Å²) in [6.45, 7) is 0. The Morgan fingerprint density at radius 1 is 1.19 bits per heavy atom. The standard InChI is InChI=1S/C15H14O6/c1-20-12(17)8-11-14(18)13(15(19)21-11)10(16)7-9-5-3-2-4-6-9/h2-6,11,13H,7-8H2,1H3. The zero-order valence-electron chi connectivity index (χ0n) is 11.4. The molecular formula is C15H14O6. The van der Waals surface area contributed by atoms with Gasteiger partial charge in [0.25, 0.3) is 0 Å². The van der Waals surface area contributed by atoms with E-state index in [1.807, 2.05) is 0 Å². The first-order chi connectivity index (χ1) is 10.0. The van der Waals surface area contributed by atoms with E-state index in [0.29, 0.717) is 5.56 Å². The Morgan fingerprint density at radius 3 is 2.48 bits per heavy atom. The maximum atomic E-state index is 12.1. The summed E-state index contributed by atoms with van der Waals surface area (Å²) in [4.78, 5) is 46.9. The molecular weight excluding hydrogens is 276 g/mol. The Balaban J connectivity index is 2.06. The topological polar surface area (TPSA) is 86.7 Å². The van der Waals surface area contributed by atoms with Crippen molar-refractivity contribution in [3.8, 4) is 0 Å². The van der Waals surface area contributed by atoms with Crippen LogP contribution in [0.25, 0.3) is 0 Å². The van der Waals surface area contributed by atoms with Gasteiger partial charge in [0, 0.05) is 6.42 Å². The number of methoxy groups -OCH3 is 1. The Kier molecular flexibility index (Phi) is 4.47. The Labute approximate surface area is 121 Å². The third-order valence-corrected chi connectivity index (χ3v) is 3.22. The first kappa shape index (κ1) is 14.9. The fourth-order valence-electron chi connectivity index (χ4n) is 2.13. The number of hydrogen-bond acceptors (Lipinski definition) is 6. The number of rotatable bonds is 5. The molecule has 1 saturated heterocycles. The lowest BCUT2D eigenvalue weighted by Gasteiger charge is -2.05. The van der Waals surface area contributed by atoms with Crippen molar-refractivity contribution in [1.29, 1.82) is 0 Å². The molecule has 0 bridgehead atoms. The van der Waals surface area contributed by atoms with E-state index in [0.717, 1.165) is 0 Å². The summed E-state index contributed by atoms with van der Waals surface area (Å²) in [5.41, 5.74) is 0.708. The molecule has 0 aliphatic carbocycles. The number of hydrogen-bond donors (Lipinski definition) is 0. The van der Waals surface area contributed by atoms with Gasteiger partial charge < -0.3 is 9.47 Å². The molecule has 2 rings (SSSR count). The highest BCUT2D eigenvalue weighted by Gasteiger charge is 2.48. The van der Waals surface area contributed by atoms with Crippen LogP contribution < -0.4 is 0 Å². The molecule has 1 aromatic carbocycles. The second-order valence-electron chi connectivity index (χ2n) is 4.67. The molecule has 6 heteroatoms. The van der Waals surface area contributed by atoms with Crippen LogP contribution in [0.15, 0.2) is 30.3 Å². The summed E-state index contributed by atoms with van der Waals surface area (Å²) in [5.74, 6) is -4.21. The molecule has 2 atom stereocenters. The number of benzene rings is 1. The lowest BCUT2D eigenvalue weighted by Crippen LogP contribution is -2.30. The number of carbonyl (C=O) groups excluding carboxylic acids is 4. The summed E-state index contributed by atoms with van der Waals surface area (Å²) >= 11 is 0. The lowest BCUT2D eigenvalue weighted by molar-refractivity contribution is -0.150. The molecule has 21 heavy (non-hydrogen) atoms. The molecule has 0 radical (unpaired) electrons. The van der Waals surface area contributed by atoms with Crippen molar-refractivity contribution in [2.45, 2.75) is 18.9 Å². The molecule has 0 N–H and O–H groups in total. The predicted octanol–water partition coefficient (Wildman–Crippen LogP) is 0.472. The molecule has 0 saturated carbocycles. The van der Waals surface area contributed by atoms with Crippen LogP contribution in [0, 0.1) is 5.92 Å². The van der Waals surface area contributed by atoms with Crippen molar-refractivity contribution < 1.29 is 28.7 Å². The van der Waals surface area contributed by atoms with Crippen LogP contribution in [0.3, 0.4) is 0 Å². The second kappa shape index (κ2) is 6.30. The molecule has 1 fully saturated rings. The molecule has 1 heterocycles. The van der Waals surface area contributed by atoms with Crippen molar-refractivity contribution >= 4 is 23.5 Å². The average molecular weight is 290 g/mol. The third kappa shape index (κ3) is 3.34. The number of ketones is 2. The maximum absolute atomic E-state index is 12.1. The summed E-state index contributed by atoms with van der Waals surface area (Å²) in [7, 11) is 1.17. The van der Waals surface area contributed by atoms with E-state index in [1.54, 1.807) is 30.3 Å². The molecule has 1 aliphatic rings. The highest BCUT2D eigenvalue weighted by Crippen LogP contribution is 2.22. The molecule has 0 amide bonds. The van der Waals surface area contributed by atoms with E-state index in [1.165, 1.54) is 7.11 Å². The fourth-order valence-corrected chi connectivity index (χ4v) is 2.13. The van der Waals surface area contributed by atoms with Crippen LogP contribution >= 0.6 is 0 Å². The SMILES string of the molecule is COC(=O)CC1OC(=O)C(C(=O)Cc2ccccc2)C1=O. The van der Waals surface area contributed by atoms with E-state index >= 15 is 0 Å². The highest BCUT2D eigenvalue weighted by molar-refractivity contribution is 6.22. The zero-order valence-corrected chi connectivity index (χ0v) is 11.4. The normalized spacial score (nSPS) is 21.0. The van der Waals surface area contributed by atoms with E-state index < -0.39 is 35.5 Å². The van der Waals surface area contributed by atoms with Gasteiger partial charge in [-0.1, -0.05) is 30.3 Å². The van der Waals surface area contributed by atoms with E-state index in [2.05, 4.69) is 4.74 Å². The number of cyclic esters (lactones) is 1. The Morgan fingerprint density at radius 2 is 1.86 bits per heavy atom. The van der Waals surface area contributed by atoms with Crippen molar-refractivity contribution in [3.63, 3.8) is 0 Å². The first-order valence-electron chi connectivity index (χ1n) is 6.40. The largest absolute Gasteiger partial charge is 0.469 e. The van der Waals surface area contributed by atoms with E-state index in [9.17, 15) is 19.2 Å². The average Bonchev–Trinajstić information content (AvgIpc) is 2.74. The summed E-state index contributed by atoms with van der Waals surface area (Å²) in [5, 5.41) is 0. The number of esters is 2.